The minimum atomic E-state index is -0.561. The van der Waals surface area contributed by atoms with Crippen molar-refractivity contribution < 1.29 is 4.79 Å². The molecule has 1 heterocycles. The van der Waals surface area contributed by atoms with Gasteiger partial charge in [-0.1, -0.05) is 69.5 Å². The second-order valence-corrected chi connectivity index (χ2v) is 9.51. The second-order valence-electron chi connectivity index (χ2n) is 9.51. The molecular weight excluding hydrogens is 412 g/mol. The summed E-state index contributed by atoms with van der Waals surface area (Å²) >= 11 is 0. The molecular formula is C27H34N4O2. The zero-order valence-electron chi connectivity index (χ0n) is 19.6. The van der Waals surface area contributed by atoms with Gasteiger partial charge in [0, 0.05) is 6.04 Å². The number of nitrogens with zero attached hydrogens (tertiary/aromatic N) is 2. The van der Waals surface area contributed by atoms with Crippen LogP contribution in [0.1, 0.15) is 74.9 Å². The molecule has 3 aromatic rings. The Labute approximate surface area is 195 Å². The number of hydrogen-bond acceptors (Lipinski definition) is 4. The van der Waals surface area contributed by atoms with Crippen molar-refractivity contribution in [2.45, 2.75) is 71.0 Å². The van der Waals surface area contributed by atoms with Crippen LogP contribution in [0.3, 0.4) is 0 Å². The van der Waals surface area contributed by atoms with Gasteiger partial charge in [0.05, 0.1) is 17.4 Å². The maximum Gasteiger partial charge on any atom is 0.261 e. The van der Waals surface area contributed by atoms with Crippen molar-refractivity contribution in [2.24, 2.45) is 11.7 Å². The third kappa shape index (κ3) is 5.33. The molecule has 1 fully saturated rings. The minimum absolute atomic E-state index is 0.0933. The molecule has 6 nitrogen and oxygen atoms in total. The highest BCUT2D eigenvalue weighted by molar-refractivity contribution is 5.78. The first-order chi connectivity index (χ1) is 15.9. The number of para-hydroxylation sites is 1. The summed E-state index contributed by atoms with van der Waals surface area (Å²) in [6, 6.07) is 16.3. The van der Waals surface area contributed by atoms with Gasteiger partial charge in [-0.3, -0.25) is 14.2 Å². The molecule has 0 aliphatic heterocycles. The third-order valence-electron chi connectivity index (χ3n) is 6.77. The SMILES string of the molecule is CC(C)[C@H](NCc1nc2ccccc2c(=O)n1CC(N)=O)c1ccc(C2CCCCC2)cc1. The molecule has 1 aromatic heterocycles. The van der Waals surface area contributed by atoms with Gasteiger partial charge in [0.1, 0.15) is 12.4 Å². The van der Waals surface area contributed by atoms with Crippen LogP contribution in [-0.2, 0) is 17.9 Å². The van der Waals surface area contributed by atoms with Crippen LogP contribution in [0.4, 0.5) is 0 Å². The summed E-state index contributed by atoms with van der Waals surface area (Å²) in [7, 11) is 0. The number of fused-ring (bicyclic) bond motifs is 1. The van der Waals surface area contributed by atoms with Gasteiger partial charge >= 0.3 is 0 Å². The number of benzene rings is 2. The van der Waals surface area contributed by atoms with Crippen molar-refractivity contribution >= 4 is 16.8 Å². The largest absolute Gasteiger partial charge is 0.368 e. The number of carbonyl (C=O) groups excluding carboxylic acids is 1. The summed E-state index contributed by atoms with van der Waals surface area (Å²) in [5, 5.41) is 4.07. The van der Waals surface area contributed by atoms with E-state index >= 15 is 0 Å². The number of nitrogens with two attached hydrogens (primary N) is 1. The summed E-state index contributed by atoms with van der Waals surface area (Å²) in [5.74, 6) is 0.974. The topological polar surface area (TPSA) is 90.0 Å². The van der Waals surface area contributed by atoms with Gasteiger partial charge in [-0.15, -0.1) is 0 Å². The number of amides is 1. The quantitative estimate of drug-likeness (QED) is 0.536. The standard InChI is InChI=1S/C27H34N4O2/c1-18(2)26(21-14-12-20(13-15-21)19-8-4-3-5-9-19)29-16-25-30-23-11-7-6-10-22(23)27(33)31(25)17-24(28)32/h6-7,10-15,18-19,26,29H,3-5,8-9,16-17H2,1-2H3,(H2,28,32)/t26-/m0/s1. The Morgan fingerprint density at radius 3 is 2.45 bits per heavy atom. The molecule has 1 aliphatic carbocycles. The van der Waals surface area contributed by atoms with Crippen molar-refractivity contribution in [1.82, 2.24) is 14.9 Å². The lowest BCUT2D eigenvalue weighted by Crippen LogP contribution is -2.34. The fourth-order valence-corrected chi connectivity index (χ4v) is 5.02. The molecule has 2 aromatic carbocycles. The summed E-state index contributed by atoms with van der Waals surface area (Å²) in [6.45, 7) is 4.53. The summed E-state index contributed by atoms with van der Waals surface area (Å²) in [6.07, 6.45) is 6.59. The maximum atomic E-state index is 13.0. The van der Waals surface area contributed by atoms with E-state index in [2.05, 4.69) is 48.4 Å². The van der Waals surface area contributed by atoms with Gasteiger partial charge in [-0.2, -0.15) is 0 Å². The molecule has 4 rings (SSSR count). The maximum absolute atomic E-state index is 13.0. The molecule has 0 unspecified atom stereocenters. The van der Waals surface area contributed by atoms with Crippen LogP contribution in [0.25, 0.3) is 10.9 Å². The Bertz CT molecular complexity index is 1160. The molecule has 6 heteroatoms. The average Bonchev–Trinajstić information content (AvgIpc) is 2.82. The minimum Gasteiger partial charge on any atom is -0.368 e. The van der Waals surface area contributed by atoms with Crippen molar-refractivity contribution in [2.75, 3.05) is 0 Å². The van der Waals surface area contributed by atoms with E-state index < -0.39 is 5.91 Å². The van der Waals surface area contributed by atoms with Crippen molar-refractivity contribution in [3.05, 3.63) is 75.8 Å². The Morgan fingerprint density at radius 1 is 1.09 bits per heavy atom. The van der Waals surface area contributed by atoms with Crippen LogP contribution in [-0.4, -0.2) is 15.5 Å². The second kappa shape index (κ2) is 10.3. The number of nitrogens with one attached hydrogen (secondary N) is 1. The first-order valence-corrected chi connectivity index (χ1v) is 12.0. The fraction of sp³-hybridized carbons (Fsp3) is 0.444. The number of hydrogen-bond donors (Lipinski definition) is 2. The van der Waals surface area contributed by atoms with E-state index in [-0.39, 0.29) is 18.1 Å². The van der Waals surface area contributed by atoms with Gasteiger partial charge in [0.2, 0.25) is 5.91 Å². The Kier molecular flexibility index (Phi) is 7.23. The first-order valence-electron chi connectivity index (χ1n) is 12.0. The van der Waals surface area contributed by atoms with Gasteiger partial charge in [0.15, 0.2) is 0 Å². The highest BCUT2D eigenvalue weighted by Gasteiger charge is 2.20. The van der Waals surface area contributed by atoms with E-state index in [1.807, 2.05) is 12.1 Å². The van der Waals surface area contributed by atoms with Crippen molar-refractivity contribution in [3.63, 3.8) is 0 Å². The molecule has 174 valence electrons. The van der Waals surface area contributed by atoms with E-state index in [0.717, 1.165) is 0 Å². The molecule has 3 N–H and O–H groups in total. The Hall–Kier alpha value is -2.99. The Morgan fingerprint density at radius 2 is 1.79 bits per heavy atom. The summed E-state index contributed by atoms with van der Waals surface area (Å²) < 4.78 is 1.39. The smallest absolute Gasteiger partial charge is 0.261 e. The predicted octanol–water partition coefficient (Wildman–Crippen LogP) is 4.42. The van der Waals surface area contributed by atoms with Crippen LogP contribution in [0.15, 0.2) is 53.3 Å². The van der Waals surface area contributed by atoms with Crippen LogP contribution in [0.5, 0.6) is 0 Å². The van der Waals surface area contributed by atoms with Crippen LogP contribution in [0.2, 0.25) is 0 Å². The van der Waals surface area contributed by atoms with Crippen molar-refractivity contribution in [1.29, 1.82) is 0 Å². The molecule has 1 saturated carbocycles. The van der Waals surface area contributed by atoms with E-state index in [1.165, 1.54) is 47.8 Å². The van der Waals surface area contributed by atoms with Crippen LogP contribution >= 0.6 is 0 Å². The number of aromatic nitrogens is 2. The zero-order chi connectivity index (χ0) is 23.4. The number of rotatable bonds is 8. The molecule has 1 atom stereocenters. The van der Waals surface area contributed by atoms with Crippen LogP contribution < -0.4 is 16.6 Å². The average molecular weight is 447 g/mol. The third-order valence-corrected chi connectivity index (χ3v) is 6.77. The zero-order valence-corrected chi connectivity index (χ0v) is 19.6. The lowest BCUT2D eigenvalue weighted by Gasteiger charge is -2.25. The van der Waals surface area contributed by atoms with Crippen molar-refractivity contribution in [3.8, 4) is 0 Å². The first kappa shape index (κ1) is 23.2. The molecule has 1 aliphatic rings. The number of primary amides is 1. The molecule has 33 heavy (non-hydrogen) atoms. The lowest BCUT2D eigenvalue weighted by atomic mass is 9.83. The van der Waals surface area contributed by atoms with E-state index in [0.29, 0.717) is 35.1 Å². The molecule has 0 saturated heterocycles. The highest BCUT2D eigenvalue weighted by Crippen LogP contribution is 2.33. The fourth-order valence-electron chi connectivity index (χ4n) is 5.02. The Balaban J connectivity index is 1.58. The summed E-state index contributed by atoms with van der Waals surface area (Å²) in [5.41, 5.74) is 8.47. The number of carbonyl (C=O) groups is 1. The normalized spacial score (nSPS) is 15.7. The van der Waals surface area contributed by atoms with E-state index in [9.17, 15) is 9.59 Å². The summed E-state index contributed by atoms with van der Waals surface area (Å²) in [4.78, 5) is 29.3. The van der Waals surface area contributed by atoms with Gasteiger partial charge in [0.25, 0.3) is 5.56 Å². The van der Waals surface area contributed by atoms with Crippen LogP contribution in [0, 0.1) is 5.92 Å². The van der Waals surface area contributed by atoms with E-state index in [4.69, 9.17) is 5.73 Å². The molecule has 1 amide bonds. The van der Waals surface area contributed by atoms with E-state index in [1.54, 1.807) is 12.1 Å². The molecule has 0 spiro atoms. The monoisotopic (exact) mass is 446 g/mol. The predicted molar refractivity (Wildman–Crippen MR) is 132 cm³/mol. The highest BCUT2D eigenvalue weighted by atomic mass is 16.2. The molecule has 0 bridgehead atoms. The van der Waals surface area contributed by atoms with Gasteiger partial charge < -0.3 is 11.1 Å². The molecule has 0 radical (unpaired) electrons. The van der Waals surface area contributed by atoms with Gasteiger partial charge in [-0.25, -0.2) is 4.98 Å². The lowest BCUT2D eigenvalue weighted by molar-refractivity contribution is -0.118. The van der Waals surface area contributed by atoms with Gasteiger partial charge in [-0.05, 0) is 47.9 Å².